The van der Waals surface area contributed by atoms with E-state index in [0.29, 0.717) is 0 Å². The molecule has 0 saturated carbocycles. The van der Waals surface area contributed by atoms with Gasteiger partial charge < -0.3 is 15.3 Å². The van der Waals surface area contributed by atoms with Crippen molar-refractivity contribution in [1.82, 2.24) is 10.2 Å². The van der Waals surface area contributed by atoms with Gasteiger partial charge in [-0.1, -0.05) is 0 Å². The molecule has 0 spiro atoms. The van der Waals surface area contributed by atoms with Crippen molar-refractivity contribution in [3.8, 4) is 0 Å². The van der Waals surface area contributed by atoms with E-state index in [4.69, 9.17) is 5.11 Å². The number of carboxylic acids is 1. The fourth-order valence-corrected chi connectivity index (χ4v) is 0.884. The number of nitrogens with zero attached hydrogens (tertiary/aromatic N) is 1. The van der Waals surface area contributed by atoms with E-state index in [-0.39, 0.29) is 12.6 Å². The van der Waals surface area contributed by atoms with Crippen LogP contribution >= 0.6 is 0 Å². The van der Waals surface area contributed by atoms with Gasteiger partial charge in [0.15, 0.2) is 0 Å². The van der Waals surface area contributed by atoms with Crippen molar-refractivity contribution in [2.45, 2.75) is 26.3 Å². The standard InChI is InChI=1S/C8H16N2O3/c1-8(2,3)10(5-6(11)12)7(13)9-4/h5H2,1-4H3,(H,9,13)(H,11,12). The van der Waals surface area contributed by atoms with Crippen molar-refractivity contribution >= 4 is 12.0 Å². The molecule has 0 unspecified atom stereocenters. The lowest BCUT2D eigenvalue weighted by Gasteiger charge is -2.33. The van der Waals surface area contributed by atoms with Gasteiger partial charge in [-0.2, -0.15) is 0 Å². The molecule has 0 aliphatic rings. The van der Waals surface area contributed by atoms with Gasteiger partial charge in [0.25, 0.3) is 0 Å². The minimum Gasteiger partial charge on any atom is -0.480 e. The normalized spacial score (nSPS) is 10.8. The van der Waals surface area contributed by atoms with E-state index in [1.54, 1.807) is 20.8 Å². The summed E-state index contributed by atoms with van der Waals surface area (Å²) in [7, 11) is 1.48. The quantitative estimate of drug-likeness (QED) is 0.663. The summed E-state index contributed by atoms with van der Waals surface area (Å²) < 4.78 is 0. The first-order valence-electron chi connectivity index (χ1n) is 4.00. The Balaban J connectivity index is 4.56. The first-order valence-corrected chi connectivity index (χ1v) is 4.00. The number of hydrogen-bond acceptors (Lipinski definition) is 2. The van der Waals surface area contributed by atoms with E-state index in [2.05, 4.69) is 5.32 Å². The van der Waals surface area contributed by atoms with Gasteiger partial charge in [-0.05, 0) is 20.8 Å². The van der Waals surface area contributed by atoms with Crippen LogP contribution in [0.5, 0.6) is 0 Å². The molecule has 5 heteroatoms. The van der Waals surface area contributed by atoms with Crippen LogP contribution in [0.2, 0.25) is 0 Å². The number of urea groups is 1. The fourth-order valence-electron chi connectivity index (χ4n) is 0.884. The van der Waals surface area contributed by atoms with Crippen molar-refractivity contribution in [3.63, 3.8) is 0 Å². The Kier molecular flexibility index (Phi) is 3.71. The van der Waals surface area contributed by atoms with Crippen LogP contribution in [0.15, 0.2) is 0 Å². The molecule has 0 rings (SSSR count). The summed E-state index contributed by atoms with van der Waals surface area (Å²) in [6.45, 7) is 5.06. The summed E-state index contributed by atoms with van der Waals surface area (Å²) in [4.78, 5) is 23.0. The average molecular weight is 188 g/mol. The van der Waals surface area contributed by atoms with Crippen LogP contribution in [-0.4, -0.2) is 41.1 Å². The molecule has 0 aromatic heterocycles. The monoisotopic (exact) mass is 188 g/mol. The third-order valence-corrected chi connectivity index (χ3v) is 1.56. The van der Waals surface area contributed by atoms with Crippen molar-refractivity contribution in [2.24, 2.45) is 0 Å². The average Bonchev–Trinajstić information content (AvgIpc) is 1.96. The van der Waals surface area contributed by atoms with Gasteiger partial charge in [-0.25, -0.2) is 4.79 Å². The van der Waals surface area contributed by atoms with Crippen molar-refractivity contribution in [1.29, 1.82) is 0 Å². The van der Waals surface area contributed by atoms with Crippen LogP contribution in [-0.2, 0) is 4.79 Å². The maximum atomic E-state index is 11.2. The van der Waals surface area contributed by atoms with Gasteiger partial charge in [-0.15, -0.1) is 0 Å². The summed E-state index contributed by atoms with van der Waals surface area (Å²) in [5, 5.41) is 11.0. The summed E-state index contributed by atoms with van der Waals surface area (Å²) in [5.41, 5.74) is -0.488. The summed E-state index contributed by atoms with van der Waals surface area (Å²) in [6.07, 6.45) is 0. The first-order chi connectivity index (χ1) is 5.79. The lowest BCUT2D eigenvalue weighted by Crippen LogP contribution is -2.51. The largest absolute Gasteiger partial charge is 0.480 e. The lowest BCUT2D eigenvalue weighted by atomic mass is 10.1. The highest BCUT2D eigenvalue weighted by molar-refractivity contribution is 5.80. The van der Waals surface area contributed by atoms with Gasteiger partial charge in [0.05, 0.1) is 0 Å². The number of carbonyl (C=O) groups is 2. The molecule has 2 N–H and O–H groups in total. The van der Waals surface area contributed by atoms with Gasteiger partial charge >= 0.3 is 12.0 Å². The molecule has 0 heterocycles. The van der Waals surface area contributed by atoms with Crippen molar-refractivity contribution < 1.29 is 14.7 Å². The number of carboxylic acid groups (broad SMARTS) is 1. The van der Waals surface area contributed by atoms with E-state index in [0.717, 1.165) is 0 Å². The molecule has 0 saturated heterocycles. The Morgan fingerprint density at radius 2 is 1.85 bits per heavy atom. The highest BCUT2D eigenvalue weighted by atomic mass is 16.4. The van der Waals surface area contributed by atoms with E-state index < -0.39 is 11.5 Å². The van der Waals surface area contributed by atoms with Crippen LogP contribution in [0.3, 0.4) is 0 Å². The molecule has 76 valence electrons. The van der Waals surface area contributed by atoms with Crippen LogP contribution in [0.4, 0.5) is 4.79 Å². The number of hydrogen-bond donors (Lipinski definition) is 2. The molecule has 0 aliphatic heterocycles. The zero-order chi connectivity index (χ0) is 10.6. The Morgan fingerprint density at radius 1 is 1.38 bits per heavy atom. The minimum absolute atomic E-state index is 0.289. The number of aliphatic carboxylic acids is 1. The van der Waals surface area contributed by atoms with Gasteiger partial charge in [0.2, 0.25) is 0 Å². The Morgan fingerprint density at radius 3 is 2.08 bits per heavy atom. The Hall–Kier alpha value is -1.26. The first kappa shape index (κ1) is 11.7. The molecule has 0 fully saturated rings. The smallest absolute Gasteiger partial charge is 0.323 e. The molecular formula is C8H16N2O3. The second-order valence-corrected chi connectivity index (χ2v) is 3.71. The summed E-state index contributed by atoms with van der Waals surface area (Å²) in [5.74, 6) is -1.02. The second kappa shape index (κ2) is 4.11. The van der Waals surface area contributed by atoms with Gasteiger partial charge in [0, 0.05) is 12.6 Å². The Bertz CT molecular complexity index is 208. The van der Waals surface area contributed by atoms with E-state index in [9.17, 15) is 9.59 Å². The number of amides is 2. The third-order valence-electron chi connectivity index (χ3n) is 1.56. The molecule has 2 amide bonds. The molecule has 0 aromatic rings. The van der Waals surface area contributed by atoms with E-state index in [1.165, 1.54) is 11.9 Å². The van der Waals surface area contributed by atoms with E-state index in [1.807, 2.05) is 0 Å². The fraction of sp³-hybridized carbons (Fsp3) is 0.750. The zero-order valence-electron chi connectivity index (χ0n) is 8.42. The van der Waals surface area contributed by atoms with Crippen LogP contribution in [0, 0.1) is 0 Å². The maximum Gasteiger partial charge on any atom is 0.323 e. The molecule has 0 radical (unpaired) electrons. The predicted octanol–water partition coefficient (Wildman–Crippen LogP) is 0.511. The van der Waals surface area contributed by atoms with Crippen LogP contribution in [0.25, 0.3) is 0 Å². The molecule has 0 aliphatic carbocycles. The highest BCUT2D eigenvalue weighted by Gasteiger charge is 2.27. The highest BCUT2D eigenvalue weighted by Crippen LogP contribution is 2.12. The Labute approximate surface area is 77.7 Å². The summed E-state index contributed by atoms with van der Waals surface area (Å²) in [6, 6.07) is -0.380. The van der Waals surface area contributed by atoms with Gasteiger partial charge in [-0.3, -0.25) is 4.79 Å². The number of carbonyl (C=O) groups excluding carboxylic acids is 1. The van der Waals surface area contributed by atoms with Crippen LogP contribution < -0.4 is 5.32 Å². The number of nitrogens with one attached hydrogen (secondary N) is 1. The predicted molar refractivity (Wildman–Crippen MR) is 48.6 cm³/mol. The van der Waals surface area contributed by atoms with Crippen LogP contribution in [0.1, 0.15) is 20.8 Å². The molecular weight excluding hydrogens is 172 g/mol. The third kappa shape index (κ3) is 3.78. The molecule has 13 heavy (non-hydrogen) atoms. The SMILES string of the molecule is CNC(=O)N(CC(=O)O)C(C)(C)C. The molecule has 0 atom stereocenters. The lowest BCUT2D eigenvalue weighted by molar-refractivity contribution is -0.138. The van der Waals surface area contributed by atoms with Crippen molar-refractivity contribution in [3.05, 3.63) is 0 Å². The van der Waals surface area contributed by atoms with Gasteiger partial charge in [0.1, 0.15) is 6.54 Å². The topological polar surface area (TPSA) is 69.6 Å². The minimum atomic E-state index is -1.02. The second-order valence-electron chi connectivity index (χ2n) is 3.71. The molecule has 0 aromatic carbocycles. The zero-order valence-corrected chi connectivity index (χ0v) is 8.42. The molecule has 0 bridgehead atoms. The maximum absolute atomic E-state index is 11.2. The summed E-state index contributed by atoms with van der Waals surface area (Å²) >= 11 is 0. The molecule has 5 nitrogen and oxygen atoms in total. The number of rotatable bonds is 2. The van der Waals surface area contributed by atoms with E-state index >= 15 is 0 Å². The van der Waals surface area contributed by atoms with Crippen molar-refractivity contribution in [2.75, 3.05) is 13.6 Å².